The van der Waals surface area contributed by atoms with Crippen LogP contribution in [0.2, 0.25) is 0 Å². The molecule has 10 heteroatoms. The molecule has 2 amide bonds. The van der Waals surface area contributed by atoms with Crippen LogP contribution in [-0.2, 0) is 27.2 Å². The van der Waals surface area contributed by atoms with Crippen molar-refractivity contribution in [1.29, 1.82) is 0 Å². The van der Waals surface area contributed by atoms with E-state index in [0.717, 1.165) is 58.8 Å². The van der Waals surface area contributed by atoms with E-state index in [-0.39, 0.29) is 48.6 Å². The Morgan fingerprint density at radius 1 is 0.939 bits per heavy atom. The number of nitrogens with zero attached hydrogens (tertiary/aromatic N) is 2. The third-order valence-electron chi connectivity index (χ3n) is 9.56. The third kappa shape index (κ3) is 9.16. The molecule has 2 fully saturated rings. The molecule has 2 aliphatic heterocycles. The first kappa shape index (κ1) is 34.8. The minimum Gasteiger partial charge on any atom is -0.492 e. The summed E-state index contributed by atoms with van der Waals surface area (Å²) in [6.45, 7) is 1.98. The van der Waals surface area contributed by atoms with Gasteiger partial charge in [-0.15, -0.1) is 0 Å². The molecule has 2 bridgehead atoms. The Morgan fingerprint density at radius 2 is 1.69 bits per heavy atom. The molecule has 2 unspecified atom stereocenters. The number of carbonyl (C=O) groups excluding carboxylic acids is 2. The van der Waals surface area contributed by atoms with Crippen LogP contribution in [0, 0.1) is 5.82 Å². The maximum absolute atomic E-state index is 14.6. The molecule has 1 saturated heterocycles. The molecule has 2 heterocycles. The van der Waals surface area contributed by atoms with E-state index in [9.17, 15) is 18.8 Å². The van der Waals surface area contributed by atoms with E-state index in [1.54, 1.807) is 6.07 Å². The quantitative estimate of drug-likeness (QED) is 0.175. The van der Waals surface area contributed by atoms with E-state index in [2.05, 4.69) is 57.6 Å². The molecule has 2 N–H and O–H groups in total. The van der Waals surface area contributed by atoms with Gasteiger partial charge in [0.15, 0.2) is 0 Å². The largest absolute Gasteiger partial charge is 0.492 e. The molecule has 6 rings (SSSR count). The Bertz CT molecular complexity index is 1680. The summed E-state index contributed by atoms with van der Waals surface area (Å²) in [5.41, 5.74) is 5.13. The number of halogens is 2. The highest BCUT2D eigenvalue weighted by molar-refractivity contribution is 9.10. The number of piperazine rings is 1. The summed E-state index contributed by atoms with van der Waals surface area (Å²) in [5.74, 6) is -0.781. The Morgan fingerprint density at radius 3 is 2.43 bits per heavy atom. The number of aliphatic carboxylic acids is 1. The number of hydrogen-bond donors (Lipinski definition) is 2. The van der Waals surface area contributed by atoms with Crippen LogP contribution in [0.3, 0.4) is 0 Å². The maximum atomic E-state index is 14.6. The molecule has 0 radical (unpaired) electrons. The molecule has 8 nitrogen and oxygen atoms in total. The van der Waals surface area contributed by atoms with Gasteiger partial charge < -0.3 is 25.0 Å². The van der Waals surface area contributed by atoms with Crippen molar-refractivity contribution >= 4 is 39.3 Å². The SMILES string of the molecule is O=C(O)CCCC(=O)N1CC2CC(c3ccc(CCCOc4cc(F)ccc4Br)cc3)=C(C(=O)N(CCc3ccccc3)C3CC3)C(C1)N2. The molecule has 3 aliphatic rings. The number of carboxylic acid groups (broad SMARTS) is 1. The normalized spacial score (nSPS) is 18.7. The first-order chi connectivity index (χ1) is 23.7. The monoisotopic (exact) mass is 731 g/mol. The number of amides is 2. The second-order valence-electron chi connectivity index (χ2n) is 13.2. The topological polar surface area (TPSA) is 99.2 Å². The number of aryl methyl sites for hydroxylation is 1. The lowest BCUT2D eigenvalue weighted by molar-refractivity contribution is -0.138. The number of nitrogens with one attached hydrogen (secondary N) is 1. The van der Waals surface area contributed by atoms with Crippen LogP contribution >= 0.6 is 15.9 Å². The van der Waals surface area contributed by atoms with Crippen LogP contribution in [0.15, 0.2) is 82.8 Å². The summed E-state index contributed by atoms with van der Waals surface area (Å²) in [6.07, 6.45) is 5.37. The van der Waals surface area contributed by atoms with Crippen molar-refractivity contribution in [3.63, 3.8) is 0 Å². The van der Waals surface area contributed by atoms with Crippen LogP contribution in [0.25, 0.3) is 5.57 Å². The lowest BCUT2D eigenvalue weighted by Gasteiger charge is -2.45. The van der Waals surface area contributed by atoms with E-state index in [4.69, 9.17) is 9.84 Å². The molecule has 2 atom stereocenters. The van der Waals surface area contributed by atoms with Crippen molar-refractivity contribution in [2.24, 2.45) is 0 Å². The van der Waals surface area contributed by atoms with Crippen molar-refractivity contribution < 1.29 is 28.6 Å². The van der Waals surface area contributed by atoms with Crippen molar-refractivity contribution in [3.8, 4) is 5.75 Å². The summed E-state index contributed by atoms with van der Waals surface area (Å²) in [6, 6.07) is 22.9. The zero-order valence-electron chi connectivity index (χ0n) is 27.6. The molecule has 3 aromatic rings. The number of benzene rings is 3. The van der Waals surface area contributed by atoms with Gasteiger partial charge in [-0.3, -0.25) is 14.4 Å². The zero-order chi connectivity index (χ0) is 34.3. The average molecular weight is 733 g/mol. The number of ether oxygens (including phenoxy) is 1. The fourth-order valence-electron chi connectivity index (χ4n) is 6.92. The Balaban J connectivity index is 1.20. The summed E-state index contributed by atoms with van der Waals surface area (Å²) in [7, 11) is 0. The van der Waals surface area contributed by atoms with E-state index in [1.807, 2.05) is 28.0 Å². The molecule has 258 valence electrons. The van der Waals surface area contributed by atoms with E-state index in [1.165, 1.54) is 17.7 Å². The predicted molar refractivity (Wildman–Crippen MR) is 190 cm³/mol. The third-order valence-corrected chi connectivity index (χ3v) is 10.2. The minimum atomic E-state index is -0.905. The minimum absolute atomic E-state index is 0.00797. The Labute approximate surface area is 295 Å². The van der Waals surface area contributed by atoms with Gasteiger partial charge in [0.1, 0.15) is 11.6 Å². The number of hydrogen-bond acceptors (Lipinski definition) is 5. The van der Waals surface area contributed by atoms with Crippen molar-refractivity contribution in [2.75, 3.05) is 26.2 Å². The van der Waals surface area contributed by atoms with Crippen LogP contribution in [-0.4, -0.2) is 77.1 Å². The summed E-state index contributed by atoms with van der Waals surface area (Å²) >= 11 is 3.40. The summed E-state index contributed by atoms with van der Waals surface area (Å²) in [4.78, 5) is 42.7. The highest BCUT2D eigenvalue weighted by atomic mass is 79.9. The van der Waals surface area contributed by atoms with Crippen LogP contribution in [0.1, 0.15) is 61.6 Å². The number of rotatable bonds is 15. The smallest absolute Gasteiger partial charge is 0.303 e. The summed E-state index contributed by atoms with van der Waals surface area (Å²) < 4.78 is 20.1. The van der Waals surface area contributed by atoms with E-state index < -0.39 is 5.97 Å². The molecule has 0 spiro atoms. The summed E-state index contributed by atoms with van der Waals surface area (Å²) in [5, 5.41) is 12.7. The molecule has 1 aliphatic carbocycles. The Hall–Kier alpha value is -4.02. The lowest BCUT2D eigenvalue weighted by atomic mass is 9.82. The first-order valence-electron chi connectivity index (χ1n) is 17.3. The lowest BCUT2D eigenvalue weighted by Crippen LogP contribution is -2.62. The van der Waals surface area contributed by atoms with Gasteiger partial charge in [-0.25, -0.2) is 4.39 Å². The second-order valence-corrected chi connectivity index (χ2v) is 14.1. The number of carboxylic acids is 1. The van der Waals surface area contributed by atoms with Gasteiger partial charge in [0.2, 0.25) is 5.91 Å². The molecular weight excluding hydrogens is 689 g/mol. The fourth-order valence-corrected chi connectivity index (χ4v) is 7.28. The van der Waals surface area contributed by atoms with Gasteiger partial charge in [0, 0.05) is 56.2 Å². The van der Waals surface area contributed by atoms with Crippen LogP contribution in [0.4, 0.5) is 4.39 Å². The first-order valence-corrected chi connectivity index (χ1v) is 18.0. The Kier molecular flexibility index (Phi) is 11.5. The highest BCUT2D eigenvalue weighted by Gasteiger charge is 2.43. The van der Waals surface area contributed by atoms with Crippen LogP contribution < -0.4 is 10.1 Å². The van der Waals surface area contributed by atoms with Gasteiger partial charge in [0.25, 0.3) is 5.91 Å². The van der Waals surface area contributed by atoms with Crippen molar-refractivity contribution in [2.45, 2.75) is 75.9 Å². The van der Waals surface area contributed by atoms with E-state index in [0.29, 0.717) is 44.8 Å². The average Bonchev–Trinajstić information content (AvgIpc) is 3.94. The van der Waals surface area contributed by atoms with Gasteiger partial charge in [-0.1, -0.05) is 54.6 Å². The van der Waals surface area contributed by atoms with Crippen LogP contribution in [0.5, 0.6) is 5.75 Å². The standard InChI is InChI=1S/C39H43BrFN3O5/c40-33-18-15-29(41)22-35(33)49-21-5-8-27-11-13-28(14-12-27)32-23-30-24-43(36(45)9-4-10-37(46)47)25-34(42-30)38(32)39(48)44(31-16-17-31)20-19-26-6-2-1-3-7-26/h1-3,6-7,11-15,18,22,30-31,34,42H,4-5,8-10,16-17,19-21,23-25H2,(H,46,47). The van der Waals surface area contributed by atoms with Gasteiger partial charge in [-0.05, 0) is 95.3 Å². The maximum Gasteiger partial charge on any atom is 0.303 e. The van der Waals surface area contributed by atoms with Gasteiger partial charge in [0.05, 0.1) is 17.1 Å². The van der Waals surface area contributed by atoms with Gasteiger partial charge >= 0.3 is 5.97 Å². The fraction of sp³-hybridized carbons (Fsp3) is 0.410. The highest BCUT2D eigenvalue weighted by Crippen LogP contribution is 2.37. The molecule has 3 aromatic carbocycles. The zero-order valence-corrected chi connectivity index (χ0v) is 29.2. The molecular formula is C39H43BrFN3O5. The molecule has 0 aromatic heterocycles. The number of carbonyl (C=O) groups is 3. The van der Waals surface area contributed by atoms with Gasteiger partial charge in [-0.2, -0.15) is 0 Å². The number of fused-ring (bicyclic) bond motifs is 2. The predicted octanol–water partition coefficient (Wildman–Crippen LogP) is 6.41. The second kappa shape index (κ2) is 16.1. The van der Waals surface area contributed by atoms with E-state index >= 15 is 0 Å². The molecule has 49 heavy (non-hydrogen) atoms. The molecule has 1 saturated carbocycles. The van der Waals surface area contributed by atoms with Crippen molar-refractivity contribution in [1.82, 2.24) is 15.1 Å². The van der Waals surface area contributed by atoms with Crippen molar-refractivity contribution in [3.05, 3.63) is 105 Å².